The van der Waals surface area contributed by atoms with Crippen LogP contribution in [0.5, 0.6) is 0 Å². The molecule has 2 N–H and O–H groups in total. The first-order valence-corrected chi connectivity index (χ1v) is 3.89. The lowest BCUT2D eigenvalue weighted by molar-refractivity contribution is 0.201. The summed E-state index contributed by atoms with van der Waals surface area (Å²) in [6, 6.07) is 0. The maximum Gasteiger partial charge on any atom is 0.0724 e. The van der Waals surface area contributed by atoms with Crippen molar-refractivity contribution in [1.82, 2.24) is 0 Å². The minimum absolute atomic E-state index is 0.206. The van der Waals surface area contributed by atoms with Gasteiger partial charge < -0.3 is 10.2 Å². The number of allylic oxidation sites excluding steroid dienone is 2. The molecule has 0 rings (SSSR count). The van der Waals surface area contributed by atoms with E-state index in [0.717, 1.165) is 12.8 Å². The number of hydrogen-bond donors (Lipinski definition) is 2. The lowest BCUT2D eigenvalue weighted by Crippen LogP contribution is -2.01. The van der Waals surface area contributed by atoms with Gasteiger partial charge in [-0.1, -0.05) is 24.8 Å². The molecule has 64 valence electrons. The molecule has 0 aromatic heterocycles. The topological polar surface area (TPSA) is 40.5 Å². The number of aliphatic hydroxyl groups is 2. The summed E-state index contributed by atoms with van der Waals surface area (Å²) in [6.45, 7) is 3.70. The van der Waals surface area contributed by atoms with E-state index in [1.165, 1.54) is 0 Å². The van der Waals surface area contributed by atoms with E-state index in [0.29, 0.717) is 6.42 Å². The van der Waals surface area contributed by atoms with Crippen LogP contribution in [-0.4, -0.2) is 22.9 Å². The average molecular weight is 156 g/mol. The van der Waals surface area contributed by atoms with Crippen LogP contribution in [0.4, 0.5) is 0 Å². The van der Waals surface area contributed by atoms with Crippen LogP contribution in [0.25, 0.3) is 0 Å². The zero-order valence-electron chi connectivity index (χ0n) is 6.74. The number of aliphatic hydroxyl groups excluding tert-OH is 2. The lowest BCUT2D eigenvalue weighted by atomic mass is 10.1. The van der Waals surface area contributed by atoms with Crippen molar-refractivity contribution in [2.24, 2.45) is 0 Å². The zero-order valence-corrected chi connectivity index (χ0v) is 6.74. The smallest absolute Gasteiger partial charge is 0.0724 e. The molecule has 0 aliphatic rings. The van der Waals surface area contributed by atoms with Gasteiger partial charge in [0.25, 0.3) is 0 Å². The average Bonchev–Trinajstić information content (AvgIpc) is 2.01. The van der Waals surface area contributed by atoms with Gasteiger partial charge in [-0.05, 0) is 19.3 Å². The fourth-order valence-electron chi connectivity index (χ4n) is 0.768. The van der Waals surface area contributed by atoms with E-state index in [2.05, 4.69) is 6.58 Å². The SMILES string of the molecule is C=C/C=C/C(O)CCCCO. The third-order valence-electron chi connectivity index (χ3n) is 1.38. The highest BCUT2D eigenvalue weighted by Gasteiger charge is 1.96. The third-order valence-corrected chi connectivity index (χ3v) is 1.38. The molecule has 2 nitrogen and oxygen atoms in total. The Labute approximate surface area is 67.9 Å². The van der Waals surface area contributed by atoms with Crippen molar-refractivity contribution in [2.75, 3.05) is 6.61 Å². The Kier molecular flexibility index (Phi) is 7.10. The molecule has 2 heteroatoms. The van der Waals surface area contributed by atoms with Crippen LogP contribution in [0.15, 0.2) is 24.8 Å². The molecule has 0 saturated carbocycles. The van der Waals surface area contributed by atoms with Gasteiger partial charge in [-0.15, -0.1) is 0 Å². The second-order valence-electron chi connectivity index (χ2n) is 2.41. The van der Waals surface area contributed by atoms with Gasteiger partial charge in [0, 0.05) is 6.61 Å². The lowest BCUT2D eigenvalue weighted by Gasteiger charge is -2.02. The molecule has 0 bridgehead atoms. The summed E-state index contributed by atoms with van der Waals surface area (Å²) in [7, 11) is 0. The Morgan fingerprint density at radius 1 is 1.36 bits per heavy atom. The van der Waals surface area contributed by atoms with Gasteiger partial charge in [-0.2, -0.15) is 0 Å². The molecule has 0 spiro atoms. The van der Waals surface area contributed by atoms with Crippen LogP contribution in [0.3, 0.4) is 0 Å². The van der Waals surface area contributed by atoms with Crippen LogP contribution in [0, 0.1) is 0 Å². The fraction of sp³-hybridized carbons (Fsp3) is 0.556. The van der Waals surface area contributed by atoms with E-state index < -0.39 is 0 Å². The first-order chi connectivity index (χ1) is 5.31. The highest BCUT2D eigenvalue weighted by molar-refractivity contribution is 5.00. The molecule has 0 aromatic rings. The standard InChI is InChI=1S/C9H16O2/c1-2-3-6-9(11)7-4-5-8-10/h2-3,6,9-11H,1,4-5,7-8H2/b6-3+. The van der Waals surface area contributed by atoms with E-state index in [4.69, 9.17) is 5.11 Å². The predicted molar refractivity (Wildman–Crippen MR) is 46.3 cm³/mol. The summed E-state index contributed by atoms with van der Waals surface area (Å²) in [6.07, 6.45) is 7.01. The Bertz CT molecular complexity index is 119. The van der Waals surface area contributed by atoms with Gasteiger partial charge in [0.05, 0.1) is 6.10 Å². The minimum Gasteiger partial charge on any atom is -0.396 e. The van der Waals surface area contributed by atoms with Gasteiger partial charge in [-0.3, -0.25) is 0 Å². The largest absolute Gasteiger partial charge is 0.396 e. The van der Waals surface area contributed by atoms with Gasteiger partial charge in [0.1, 0.15) is 0 Å². The molecule has 0 aliphatic heterocycles. The molecular formula is C9H16O2. The predicted octanol–water partition coefficient (Wildman–Crippen LogP) is 1.25. The Morgan fingerprint density at radius 3 is 2.64 bits per heavy atom. The molecule has 1 unspecified atom stereocenters. The van der Waals surface area contributed by atoms with Gasteiger partial charge in [0.15, 0.2) is 0 Å². The summed E-state index contributed by atoms with van der Waals surface area (Å²) in [5.74, 6) is 0. The quantitative estimate of drug-likeness (QED) is 0.449. The summed E-state index contributed by atoms with van der Waals surface area (Å²) < 4.78 is 0. The van der Waals surface area contributed by atoms with Crippen molar-refractivity contribution in [2.45, 2.75) is 25.4 Å². The van der Waals surface area contributed by atoms with Gasteiger partial charge in [0.2, 0.25) is 0 Å². The molecule has 0 radical (unpaired) electrons. The molecule has 0 fully saturated rings. The monoisotopic (exact) mass is 156 g/mol. The highest BCUT2D eigenvalue weighted by atomic mass is 16.3. The highest BCUT2D eigenvalue weighted by Crippen LogP contribution is 2.01. The zero-order chi connectivity index (χ0) is 8.53. The van der Waals surface area contributed by atoms with E-state index in [1.54, 1.807) is 18.2 Å². The maximum atomic E-state index is 9.19. The molecule has 0 aromatic carbocycles. The molecule has 1 atom stereocenters. The molecule has 0 heterocycles. The van der Waals surface area contributed by atoms with E-state index in [1.807, 2.05) is 0 Å². The third kappa shape index (κ3) is 7.30. The summed E-state index contributed by atoms with van der Waals surface area (Å²) in [4.78, 5) is 0. The van der Waals surface area contributed by atoms with Crippen molar-refractivity contribution in [3.63, 3.8) is 0 Å². The van der Waals surface area contributed by atoms with Crippen LogP contribution >= 0.6 is 0 Å². The minimum atomic E-state index is -0.389. The summed E-state index contributed by atoms with van der Waals surface area (Å²) in [5, 5.41) is 17.6. The summed E-state index contributed by atoms with van der Waals surface area (Å²) in [5.41, 5.74) is 0. The van der Waals surface area contributed by atoms with Crippen molar-refractivity contribution in [3.8, 4) is 0 Å². The second-order valence-corrected chi connectivity index (χ2v) is 2.41. The fourth-order valence-corrected chi connectivity index (χ4v) is 0.768. The van der Waals surface area contributed by atoms with Crippen LogP contribution < -0.4 is 0 Å². The number of rotatable bonds is 6. The van der Waals surface area contributed by atoms with E-state index in [9.17, 15) is 5.11 Å². The van der Waals surface area contributed by atoms with Crippen molar-refractivity contribution < 1.29 is 10.2 Å². The molecule has 11 heavy (non-hydrogen) atoms. The molecule has 0 aliphatic carbocycles. The van der Waals surface area contributed by atoms with E-state index in [-0.39, 0.29) is 12.7 Å². The van der Waals surface area contributed by atoms with Crippen molar-refractivity contribution >= 4 is 0 Å². The normalized spacial score (nSPS) is 13.6. The molecule has 0 amide bonds. The Hall–Kier alpha value is -0.600. The first-order valence-electron chi connectivity index (χ1n) is 3.89. The van der Waals surface area contributed by atoms with Gasteiger partial charge in [-0.25, -0.2) is 0 Å². The van der Waals surface area contributed by atoms with E-state index >= 15 is 0 Å². The van der Waals surface area contributed by atoms with Crippen LogP contribution in [0.2, 0.25) is 0 Å². The van der Waals surface area contributed by atoms with Gasteiger partial charge >= 0.3 is 0 Å². The number of unbranched alkanes of at least 4 members (excludes halogenated alkanes) is 1. The molecule has 0 saturated heterocycles. The van der Waals surface area contributed by atoms with Crippen molar-refractivity contribution in [1.29, 1.82) is 0 Å². The van der Waals surface area contributed by atoms with Crippen molar-refractivity contribution in [3.05, 3.63) is 24.8 Å². The van der Waals surface area contributed by atoms with Crippen LogP contribution in [0.1, 0.15) is 19.3 Å². The van der Waals surface area contributed by atoms with Crippen LogP contribution in [-0.2, 0) is 0 Å². The first kappa shape index (κ1) is 10.4. The molecular weight excluding hydrogens is 140 g/mol. The maximum absolute atomic E-state index is 9.19. The Balaban J connectivity index is 3.28. The number of hydrogen-bond acceptors (Lipinski definition) is 2. The Morgan fingerprint density at radius 2 is 2.09 bits per heavy atom. The second kappa shape index (κ2) is 7.51. The summed E-state index contributed by atoms with van der Waals surface area (Å²) >= 11 is 0.